The Morgan fingerprint density at radius 1 is 0.986 bits per heavy atom. The van der Waals surface area contributed by atoms with E-state index in [1.54, 1.807) is 24.4 Å². The smallest absolute Gasteiger partial charge is 0.297 e. The zero-order chi connectivity index (χ0) is 49.8. The lowest BCUT2D eigenvalue weighted by Gasteiger charge is -2.56. The molecule has 2 aromatic heterocycles. The topological polar surface area (TPSA) is 201 Å². The zero-order valence-corrected chi connectivity index (χ0v) is 42.2. The van der Waals surface area contributed by atoms with Crippen LogP contribution in [-0.2, 0) is 10.0 Å². The molecule has 4 fully saturated rings. The van der Waals surface area contributed by atoms with Crippen LogP contribution in [0.15, 0.2) is 77.8 Å². The van der Waals surface area contributed by atoms with Crippen LogP contribution in [0.2, 0.25) is 0 Å². The SMILES string of the molecule is CC(C)COc1nc2[nH]ccc2cc1Oc1cc(N2CCC3(CC2)CC(N2CCC[C@@H]2c2ccccc2C(C)C)C3)ccc1C(=O)NS(=O)(=O)c1cc2c(c([N+](=O)[O-])c1)N[C@@H]([C@H]1CC[C@](C)(O)CC1)CO2. The van der Waals surface area contributed by atoms with Crippen molar-refractivity contribution in [3.63, 3.8) is 0 Å². The van der Waals surface area contributed by atoms with Crippen molar-refractivity contribution in [1.82, 2.24) is 19.6 Å². The average Bonchev–Trinajstić information content (AvgIpc) is 4.02. The van der Waals surface area contributed by atoms with E-state index in [1.165, 1.54) is 42.9 Å². The van der Waals surface area contributed by atoms with Gasteiger partial charge in [0.15, 0.2) is 17.2 Å². The van der Waals surface area contributed by atoms with E-state index in [2.05, 4.69) is 67.9 Å². The number of sulfonamides is 1. The maximum Gasteiger partial charge on any atom is 0.297 e. The molecule has 10 rings (SSSR count). The Balaban J connectivity index is 0.891. The second-order valence-electron chi connectivity index (χ2n) is 21.8. The van der Waals surface area contributed by atoms with E-state index < -0.39 is 37.0 Å². The van der Waals surface area contributed by atoms with Gasteiger partial charge in [-0.2, -0.15) is 4.98 Å². The second-order valence-corrected chi connectivity index (χ2v) is 23.5. The molecule has 2 saturated heterocycles. The van der Waals surface area contributed by atoms with Crippen molar-refractivity contribution in [3.05, 3.63) is 99.7 Å². The summed E-state index contributed by atoms with van der Waals surface area (Å²) < 4.78 is 49.2. The molecule has 0 bridgehead atoms. The van der Waals surface area contributed by atoms with Gasteiger partial charge in [0, 0.05) is 60.6 Å². The van der Waals surface area contributed by atoms with Gasteiger partial charge in [0.05, 0.1) is 33.6 Å². The Hall–Kier alpha value is -5.91. The predicted octanol–water partition coefficient (Wildman–Crippen LogP) is 10.2. The fraction of sp³-hybridized carbons (Fsp3) is 0.519. The van der Waals surface area contributed by atoms with Crippen LogP contribution in [0.25, 0.3) is 11.0 Å². The van der Waals surface area contributed by atoms with Crippen molar-refractivity contribution in [2.75, 3.05) is 43.1 Å². The lowest BCUT2D eigenvalue weighted by molar-refractivity contribution is -0.384. The standard InChI is InChI=1S/C54H67N7O9S/c1-33(2)31-69-52-48(25-36-16-21-55-50(36)57-52)70-46-26-37(59-23-19-54(20-24-59)29-38(30-54)60-22-8-11-44(60)41-10-7-6-9-40(41)34(3)4)12-13-42(46)51(62)58-71(66,67)39-27-45(61(64)65)49-47(28-39)68-32-43(56-49)35-14-17-53(5,63)18-15-35/h6-7,9-10,12-13,16,21,25-28,33-35,38,43-44,56,63H,8,11,14-15,17-20,22-24,29-32H2,1-5H3,(H,55,57)(H,58,62)/t35-,43-,44-,53-/m1/s1. The molecule has 3 aliphatic heterocycles. The van der Waals surface area contributed by atoms with Crippen molar-refractivity contribution in [2.24, 2.45) is 17.3 Å². The number of likely N-dealkylation sites (tertiary alicyclic amines) is 1. The van der Waals surface area contributed by atoms with Gasteiger partial charge in [0.25, 0.3) is 27.5 Å². The number of nitrogens with zero attached hydrogens (tertiary/aromatic N) is 4. The van der Waals surface area contributed by atoms with Crippen LogP contribution in [0.5, 0.6) is 23.1 Å². The molecule has 1 amide bonds. The first-order chi connectivity index (χ1) is 33.9. The summed E-state index contributed by atoms with van der Waals surface area (Å²) in [5.74, 6) is 0.291. The van der Waals surface area contributed by atoms with E-state index in [0.717, 1.165) is 49.6 Å². The molecule has 2 aliphatic carbocycles. The van der Waals surface area contributed by atoms with Crippen molar-refractivity contribution in [3.8, 4) is 23.1 Å². The number of benzene rings is 3. The fourth-order valence-electron chi connectivity index (χ4n) is 11.9. The number of amides is 1. The first-order valence-electron chi connectivity index (χ1n) is 25.5. The third kappa shape index (κ3) is 10.0. The Morgan fingerprint density at radius 3 is 2.48 bits per heavy atom. The minimum atomic E-state index is -4.71. The number of hydrogen-bond acceptors (Lipinski definition) is 13. The molecular weight excluding hydrogens is 923 g/mol. The summed E-state index contributed by atoms with van der Waals surface area (Å²) in [5.41, 5.74) is 3.38. The summed E-state index contributed by atoms with van der Waals surface area (Å²) in [5, 5.41) is 27.0. The molecule has 5 aromatic rings. The highest BCUT2D eigenvalue weighted by Gasteiger charge is 2.50. The van der Waals surface area contributed by atoms with E-state index in [1.807, 2.05) is 32.9 Å². The van der Waals surface area contributed by atoms with E-state index in [9.17, 15) is 28.4 Å². The summed E-state index contributed by atoms with van der Waals surface area (Å²) in [6.45, 7) is 13.7. The van der Waals surface area contributed by atoms with E-state index in [-0.39, 0.29) is 64.3 Å². The molecule has 71 heavy (non-hydrogen) atoms. The number of nitrogens with one attached hydrogen (secondary N) is 3. The molecule has 5 aliphatic rings. The Labute approximate surface area is 416 Å². The Bertz CT molecular complexity index is 2910. The normalized spacial score (nSPS) is 23.5. The summed E-state index contributed by atoms with van der Waals surface area (Å²) in [4.78, 5) is 38.6. The number of carbonyl (C=O) groups excluding carboxylic acids is 1. The van der Waals surface area contributed by atoms with Crippen molar-refractivity contribution in [2.45, 2.75) is 133 Å². The number of piperidine rings is 1. The zero-order valence-electron chi connectivity index (χ0n) is 41.4. The lowest BCUT2D eigenvalue weighted by atomic mass is 9.59. The van der Waals surface area contributed by atoms with Crippen LogP contribution < -0.4 is 29.1 Å². The number of nitro benzene ring substituents is 1. The molecule has 0 unspecified atom stereocenters. The molecule has 1 spiro atoms. The largest absolute Gasteiger partial charge is 0.489 e. The number of pyridine rings is 1. The quantitative estimate of drug-likeness (QED) is 0.0605. The Morgan fingerprint density at radius 2 is 1.75 bits per heavy atom. The number of aliphatic hydroxyl groups is 1. The van der Waals surface area contributed by atoms with E-state index >= 15 is 0 Å². The molecule has 3 aromatic carbocycles. The molecule has 378 valence electrons. The van der Waals surface area contributed by atoms with Crippen LogP contribution >= 0.6 is 0 Å². The van der Waals surface area contributed by atoms with Gasteiger partial charge < -0.3 is 34.5 Å². The summed E-state index contributed by atoms with van der Waals surface area (Å²) in [6, 6.07) is 20.6. The van der Waals surface area contributed by atoms with Gasteiger partial charge in [-0.05, 0) is 136 Å². The third-order valence-corrected chi connectivity index (χ3v) is 17.2. The Kier molecular flexibility index (Phi) is 13.2. The van der Waals surface area contributed by atoms with E-state index in [0.29, 0.717) is 55.9 Å². The molecule has 2 atom stereocenters. The predicted molar refractivity (Wildman–Crippen MR) is 272 cm³/mol. The first kappa shape index (κ1) is 48.7. The molecule has 16 nitrogen and oxygen atoms in total. The molecule has 4 N–H and O–H groups in total. The number of rotatable bonds is 14. The number of anilines is 2. The lowest BCUT2D eigenvalue weighted by Crippen LogP contribution is -2.54. The van der Waals surface area contributed by atoms with Crippen LogP contribution in [-0.4, -0.2) is 89.8 Å². The second kappa shape index (κ2) is 19.3. The van der Waals surface area contributed by atoms with Crippen LogP contribution in [0.3, 0.4) is 0 Å². The maximum atomic E-state index is 14.4. The summed E-state index contributed by atoms with van der Waals surface area (Å²) >= 11 is 0. The van der Waals surface area contributed by atoms with Gasteiger partial charge >= 0.3 is 0 Å². The highest BCUT2D eigenvalue weighted by Crippen LogP contribution is 2.54. The number of aromatic nitrogens is 2. The highest BCUT2D eigenvalue weighted by atomic mass is 32.2. The number of nitro groups is 1. The molecule has 5 heterocycles. The van der Waals surface area contributed by atoms with Gasteiger partial charge in [0.2, 0.25) is 0 Å². The highest BCUT2D eigenvalue weighted by molar-refractivity contribution is 7.90. The molecular formula is C54H67N7O9S. The monoisotopic (exact) mass is 989 g/mol. The minimum Gasteiger partial charge on any atom is -0.489 e. The molecule has 17 heteroatoms. The number of H-pyrrole nitrogens is 1. The van der Waals surface area contributed by atoms with Gasteiger partial charge in [-0.25, -0.2) is 13.1 Å². The van der Waals surface area contributed by atoms with Crippen LogP contribution in [0.1, 0.15) is 132 Å². The maximum absolute atomic E-state index is 14.4. The fourth-order valence-corrected chi connectivity index (χ4v) is 12.9. The van der Waals surface area contributed by atoms with Gasteiger partial charge in [-0.1, -0.05) is 52.0 Å². The first-order valence-corrected chi connectivity index (χ1v) is 27.0. The number of ether oxygens (including phenoxy) is 3. The summed E-state index contributed by atoms with van der Waals surface area (Å²) in [7, 11) is -4.71. The number of hydrogen-bond donors (Lipinski definition) is 4. The minimum absolute atomic E-state index is 0.00517. The van der Waals surface area contributed by atoms with Gasteiger partial charge in [0.1, 0.15) is 18.0 Å². The van der Waals surface area contributed by atoms with Gasteiger partial charge in [-0.3, -0.25) is 19.8 Å². The van der Waals surface area contributed by atoms with Crippen molar-refractivity contribution in [1.29, 1.82) is 0 Å². The van der Waals surface area contributed by atoms with Gasteiger partial charge in [-0.15, -0.1) is 0 Å². The third-order valence-electron chi connectivity index (χ3n) is 15.9. The van der Waals surface area contributed by atoms with Crippen molar-refractivity contribution < 1.29 is 37.5 Å². The van der Waals surface area contributed by atoms with Crippen molar-refractivity contribution >= 4 is 44.0 Å². The number of aromatic amines is 1. The van der Waals surface area contributed by atoms with E-state index in [4.69, 9.17) is 14.2 Å². The average molecular weight is 990 g/mol. The molecule has 0 radical (unpaired) electrons. The molecule has 2 saturated carbocycles. The number of fused-ring (bicyclic) bond motifs is 2. The van der Waals surface area contributed by atoms with Crippen LogP contribution in [0, 0.1) is 27.4 Å². The number of carbonyl (C=O) groups is 1. The van der Waals surface area contributed by atoms with Crippen LogP contribution in [0.4, 0.5) is 17.1 Å². The summed E-state index contributed by atoms with van der Waals surface area (Å²) in [6.07, 6.45) is 11.2.